The van der Waals surface area contributed by atoms with Gasteiger partial charge in [-0.25, -0.2) is 9.59 Å². The van der Waals surface area contributed by atoms with Gasteiger partial charge in [0.25, 0.3) is 0 Å². The lowest BCUT2D eigenvalue weighted by atomic mass is 9.71. The van der Waals surface area contributed by atoms with E-state index in [2.05, 4.69) is 13.0 Å². The van der Waals surface area contributed by atoms with Crippen LogP contribution in [0.25, 0.3) is 0 Å². The first-order valence-corrected chi connectivity index (χ1v) is 13.7. The SMILES string of the molecule is CCCCCCCCCCC1(C#N)CCC(OC(=O)c2ccc(OC(=O)C(C)(C#N)CC)cc2)CC1. The predicted octanol–water partition coefficient (Wildman–Crippen LogP) is 7.67. The van der Waals surface area contributed by atoms with Crippen LogP contribution in [0.4, 0.5) is 0 Å². The number of nitriles is 2. The van der Waals surface area contributed by atoms with Crippen LogP contribution in [-0.2, 0) is 9.53 Å². The van der Waals surface area contributed by atoms with Crippen LogP contribution in [0.3, 0.4) is 0 Å². The largest absolute Gasteiger partial charge is 0.459 e. The summed E-state index contributed by atoms with van der Waals surface area (Å²) in [5.74, 6) is -0.747. The minimum absolute atomic E-state index is 0.184. The van der Waals surface area contributed by atoms with Crippen molar-refractivity contribution >= 4 is 11.9 Å². The molecule has 6 nitrogen and oxygen atoms in total. The zero-order valence-electron chi connectivity index (χ0n) is 22.3. The first kappa shape index (κ1) is 29.4. The molecule has 36 heavy (non-hydrogen) atoms. The highest BCUT2D eigenvalue weighted by molar-refractivity contribution is 5.90. The van der Waals surface area contributed by atoms with Crippen LogP contribution in [0.2, 0.25) is 0 Å². The molecule has 1 unspecified atom stereocenters. The van der Waals surface area contributed by atoms with Crippen molar-refractivity contribution in [3.8, 4) is 17.9 Å². The number of ether oxygens (including phenoxy) is 2. The molecule has 2 rings (SSSR count). The van der Waals surface area contributed by atoms with Gasteiger partial charge in [-0.05, 0) is 69.7 Å². The second kappa shape index (κ2) is 14.6. The Labute approximate surface area is 217 Å². The number of unbranched alkanes of at least 4 members (excludes halogenated alkanes) is 7. The smallest absolute Gasteiger partial charge is 0.338 e. The van der Waals surface area contributed by atoms with E-state index in [4.69, 9.17) is 9.47 Å². The second-order valence-corrected chi connectivity index (χ2v) is 10.4. The van der Waals surface area contributed by atoms with E-state index in [9.17, 15) is 20.1 Å². The predicted molar refractivity (Wildman–Crippen MR) is 139 cm³/mol. The number of benzene rings is 1. The highest BCUT2D eigenvalue weighted by Crippen LogP contribution is 2.41. The van der Waals surface area contributed by atoms with Crippen molar-refractivity contribution < 1.29 is 19.1 Å². The summed E-state index contributed by atoms with van der Waals surface area (Å²) in [6.07, 6.45) is 14.1. The molecule has 1 aromatic carbocycles. The lowest BCUT2D eigenvalue weighted by molar-refractivity contribution is -0.141. The van der Waals surface area contributed by atoms with E-state index in [0.29, 0.717) is 24.8 Å². The molecule has 0 N–H and O–H groups in total. The van der Waals surface area contributed by atoms with Gasteiger partial charge >= 0.3 is 11.9 Å². The van der Waals surface area contributed by atoms with Crippen LogP contribution in [0.5, 0.6) is 5.75 Å². The maximum atomic E-state index is 12.6. The number of carbonyl (C=O) groups is 2. The van der Waals surface area contributed by atoms with Crippen LogP contribution in [-0.4, -0.2) is 18.0 Å². The molecule has 0 spiro atoms. The minimum Gasteiger partial charge on any atom is -0.459 e. The molecule has 0 aromatic heterocycles. The van der Waals surface area contributed by atoms with Crippen LogP contribution in [0.15, 0.2) is 24.3 Å². The molecule has 1 aromatic rings. The molecule has 1 aliphatic rings. The van der Waals surface area contributed by atoms with E-state index in [1.807, 2.05) is 6.07 Å². The van der Waals surface area contributed by atoms with Gasteiger partial charge in [0.15, 0.2) is 5.41 Å². The molecule has 0 bridgehead atoms. The van der Waals surface area contributed by atoms with Gasteiger partial charge in [-0.3, -0.25) is 0 Å². The molecule has 1 fully saturated rings. The van der Waals surface area contributed by atoms with Gasteiger partial charge in [-0.15, -0.1) is 0 Å². The number of hydrogen-bond donors (Lipinski definition) is 0. The van der Waals surface area contributed by atoms with Crippen LogP contribution >= 0.6 is 0 Å². The fraction of sp³-hybridized carbons (Fsp3) is 0.667. The summed E-state index contributed by atoms with van der Waals surface area (Å²) in [6.45, 7) is 5.53. The van der Waals surface area contributed by atoms with Crippen molar-refractivity contribution in [2.45, 2.75) is 117 Å². The first-order chi connectivity index (χ1) is 17.3. The Morgan fingerprint density at radius 3 is 2.08 bits per heavy atom. The van der Waals surface area contributed by atoms with Gasteiger partial charge in [0.05, 0.1) is 23.1 Å². The van der Waals surface area contributed by atoms with Gasteiger partial charge in [0, 0.05) is 0 Å². The highest BCUT2D eigenvalue weighted by Gasteiger charge is 2.36. The third kappa shape index (κ3) is 8.66. The molecule has 0 saturated heterocycles. The molecule has 1 atom stereocenters. The molecule has 0 aliphatic heterocycles. The quantitative estimate of drug-likeness (QED) is 0.149. The van der Waals surface area contributed by atoms with Gasteiger partial charge < -0.3 is 9.47 Å². The molecule has 1 saturated carbocycles. The average molecular weight is 495 g/mol. The van der Waals surface area contributed by atoms with E-state index in [-0.39, 0.29) is 17.3 Å². The van der Waals surface area contributed by atoms with E-state index in [1.165, 1.54) is 57.1 Å². The zero-order valence-corrected chi connectivity index (χ0v) is 22.3. The van der Waals surface area contributed by atoms with Crippen molar-refractivity contribution in [3.63, 3.8) is 0 Å². The molecular weight excluding hydrogens is 452 g/mol. The van der Waals surface area contributed by atoms with E-state index < -0.39 is 17.4 Å². The molecule has 0 radical (unpaired) electrons. The Morgan fingerprint density at radius 1 is 0.972 bits per heavy atom. The van der Waals surface area contributed by atoms with Crippen molar-refractivity contribution in [1.29, 1.82) is 10.5 Å². The summed E-state index contributed by atoms with van der Waals surface area (Å²) in [4.78, 5) is 24.9. The number of nitrogens with zero attached hydrogens (tertiary/aromatic N) is 2. The Bertz CT molecular complexity index is 920. The van der Waals surface area contributed by atoms with Gasteiger partial charge in [-0.1, -0.05) is 65.2 Å². The monoisotopic (exact) mass is 494 g/mol. The first-order valence-electron chi connectivity index (χ1n) is 13.7. The maximum Gasteiger partial charge on any atom is 0.338 e. The van der Waals surface area contributed by atoms with Crippen molar-refractivity contribution in [2.75, 3.05) is 0 Å². The molecule has 196 valence electrons. The number of rotatable bonds is 14. The number of carbonyl (C=O) groups excluding carboxylic acids is 2. The maximum absolute atomic E-state index is 12.6. The van der Waals surface area contributed by atoms with Crippen molar-refractivity contribution in [2.24, 2.45) is 10.8 Å². The summed E-state index contributed by atoms with van der Waals surface area (Å²) < 4.78 is 11.0. The van der Waals surface area contributed by atoms with E-state index >= 15 is 0 Å². The lowest BCUT2D eigenvalue weighted by Crippen LogP contribution is -2.31. The molecular formula is C30H42N2O4. The highest BCUT2D eigenvalue weighted by atomic mass is 16.5. The standard InChI is InChI=1S/C30H42N2O4/c1-4-6-7-8-9-10-11-12-19-30(23-32)20-17-26(18-21-30)35-27(33)24-13-15-25(16-14-24)36-28(34)29(3,5-2)22-31/h13-16,26H,4-12,17-21H2,1-3H3. The summed E-state index contributed by atoms with van der Waals surface area (Å²) >= 11 is 0. The topological polar surface area (TPSA) is 100 Å². The molecule has 1 aliphatic carbocycles. The third-order valence-electron chi connectivity index (χ3n) is 7.61. The van der Waals surface area contributed by atoms with Crippen LogP contribution in [0.1, 0.15) is 121 Å². The molecule has 0 heterocycles. The fourth-order valence-corrected chi connectivity index (χ4v) is 4.64. The fourth-order valence-electron chi connectivity index (χ4n) is 4.64. The Morgan fingerprint density at radius 2 is 1.56 bits per heavy atom. The van der Waals surface area contributed by atoms with Gasteiger partial charge in [0.2, 0.25) is 0 Å². The minimum atomic E-state index is -1.20. The normalized spacial score (nSPS) is 21.0. The Balaban J connectivity index is 1.76. The second-order valence-electron chi connectivity index (χ2n) is 10.4. The number of hydrogen-bond acceptors (Lipinski definition) is 6. The van der Waals surface area contributed by atoms with Crippen LogP contribution < -0.4 is 4.74 Å². The van der Waals surface area contributed by atoms with E-state index in [1.54, 1.807) is 26.0 Å². The summed E-state index contributed by atoms with van der Waals surface area (Å²) in [7, 11) is 0. The summed E-state index contributed by atoms with van der Waals surface area (Å²) in [5.41, 5.74) is -1.11. The van der Waals surface area contributed by atoms with Crippen LogP contribution in [0, 0.1) is 33.5 Å². The van der Waals surface area contributed by atoms with Crippen molar-refractivity contribution in [3.05, 3.63) is 29.8 Å². The van der Waals surface area contributed by atoms with Gasteiger partial charge in [0.1, 0.15) is 11.9 Å². The average Bonchev–Trinajstić information content (AvgIpc) is 2.91. The Kier molecular flexibility index (Phi) is 11.9. The third-order valence-corrected chi connectivity index (χ3v) is 7.61. The van der Waals surface area contributed by atoms with E-state index in [0.717, 1.165) is 25.7 Å². The number of esters is 2. The Hall–Kier alpha value is -2.86. The lowest BCUT2D eigenvalue weighted by Gasteiger charge is -2.34. The molecule has 6 heteroatoms. The summed E-state index contributed by atoms with van der Waals surface area (Å²) in [5, 5.41) is 19.1. The van der Waals surface area contributed by atoms with Crippen molar-refractivity contribution in [1.82, 2.24) is 0 Å². The zero-order chi connectivity index (χ0) is 26.4. The van der Waals surface area contributed by atoms with Gasteiger partial charge in [-0.2, -0.15) is 10.5 Å². The summed E-state index contributed by atoms with van der Waals surface area (Å²) in [6, 6.07) is 10.8. The molecule has 0 amide bonds.